The van der Waals surface area contributed by atoms with E-state index in [0.29, 0.717) is 0 Å². The first kappa shape index (κ1) is 13.9. The van der Waals surface area contributed by atoms with Crippen molar-refractivity contribution in [2.24, 2.45) is 0 Å². The van der Waals surface area contributed by atoms with E-state index in [2.05, 4.69) is 11.0 Å². The second-order valence-corrected chi connectivity index (χ2v) is 6.02. The molecule has 0 amide bonds. The van der Waals surface area contributed by atoms with E-state index in [0.717, 1.165) is 50.1 Å². The fraction of sp³-hybridized carbons (Fsp3) is 0.647. The Morgan fingerprint density at radius 3 is 2.90 bits per heavy atom. The molecule has 1 aliphatic carbocycles. The second-order valence-electron chi connectivity index (χ2n) is 6.02. The van der Waals surface area contributed by atoms with E-state index >= 15 is 0 Å². The number of aliphatic hydroxyl groups is 1. The maximum atomic E-state index is 9.94. The standard InChI is InChI=1S/C17H25NO2/c19-17-6-3-5-14-13-15(7-8-16(14)17)20-12-4-11-18-9-1-2-10-18/h7-8,13,17,19H,1-6,9-12H2. The van der Waals surface area contributed by atoms with E-state index < -0.39 is 0 Å². The molecule has 1 heterocycles. The van der Waals surface area contributed by atoms with Gasteiger partial charge >= 0.3 is 0 Å². The van der Waals surface area contributed by atoms with Gasteiger partial charge in [0.1, 0.15) is 5.75 Å². The fourth-order valence-electron chi connectivity index (χ4n) is 3.34. The third-order valence-electron chi connectivity index (χ3n) is 4.48. The molecule has 0 bridgehead atoms. The number of aryl methyl sites for hydroxylation is 1. The normalized spacial score (nSPS) is 22.8. The Labute approximate surface area is 121 Å². The number of hydrogen-bond donors (Lipinski definition) is 1. The summed E-state index contributed by atoms with van der Waals surface area (Å²) < 4.78 is 5.86. The van der Waals surface area contributed by atoms with Crippen molar-refractivity contribution in [3.8, 4) is 5.75 Å². The van der Waals surface area contributed by atoms with Crippen LogP contribution in [-0.2, 0) is 6.42 Å². The topological polar surface area (TPSA) is 32.7 Å². The van der Waals surface area contributed by atoms with Gasteiger partial charge in [-0.05, 0) is 74.9 Å². The van der Waals surface area contributed by atoms with E-state index in [4.69, 9.17) is 4.74 Å². The van der Waals surface area contributed by atoms with Crippen molar-refractivity contribution in [3.05, 3.63) is 29.3 Å². The zero-order chi connectivity index (χ0) is 13.8. The summed E-state index contributed by atoms with van der Waals surface area (Å²) in [6, 6.07) is 6.16. The van der Waals surface area contributed by atoms with Gasteiger partial charge in [-0.25, -0.2) is 0 Å². The molecule has 1 aromatic rings. The summed E-state index contributed by atoms with van der Waals surface area (Å²) in [4.78, 5) is 2.52. The van der Waals surface area contributed by atoms with E-state index in [1.807, 2.05) is 12.1 Å². The van der Waals surface area contributed by atoms with Crippen molar-refractivity contribution in [3.63, 3.8) is 0 Å². The average Bonchev–Trinajstić information content (AvgIpc) is 2.97. The van der Waals surface area contributed by atoms with Gasteiger partial charge in [-0.2, -0.15) is 0 Å². The van der Waals surface area contributed by atoms with Gasteiger partial charge in [0, 0.05) is 6.54 Å². The first-order valence-electron chi connectivity index (χ1n) is 7.99. The van der Waals surface area contributed by atoms with Crippen LogP contribution >= 0.6 is 0 Å². The summed E-state index contributed by atoms with van der Waals surface area (Å²) in [5.41, 5.74) is 2.36. The van der Waals surface area contributed by atoms with Crippen molar-refractivity contribution in [1.29, 1.82) is 0 Å². The lowest BCUT2D eigenvalue weighted by Gasteiger charge is -2.22. The zero-order valence-electron chi connectivity index (χ0n) is 12.2. The van der Waals surface area contributed by atoms with E-state index in [1.165, 1.54) is 31.5 Å². The maximum absolute atomic E-state index is 9.94. The molecular formula is C17H25NO2. The fourth-order valence-corrected chi connectivity index (χ4v) is 3.34. The lowest BCUT2D eigenvalue weighted by molar-refractivity contribution is 0.156. The van der Waals surface area contributed by atoms with Crippen molar-refractivity contribution in [2.75, 3.05) is 26.2 Å². The van der Waals surface area contributed by atoms with Crippen LogP contribution in [0, 0.1) is 0 Å². The molecule has 2 aliphatic rings. The third kappa shape index (κ3) is 3.33. The zero-order valence-corrected chi connectivity index (χ0v) is 12.2. The molecule has 1 aliphatic heterocycles. The molecule has 0 radical (unpaired) electrons. The highest BCUT2D eigenvalue weighted by Crippen LogP contribution is 2.31. The van der Waals surface area contributed by atoms with Gasteiger partial charge in [0.25, 0.3) is 0 Å². The first-order valence-corrected chi connectivity index (χ1v) is 7.99. The molecule has 3 heteroatoms. The number of likely N-dealkylation sites (tertiary alicyclic amines) is 1. The minimum Gasteiger partial charge on any atom is -0.494 e. The molecule has 0 saturated carbocycles. The summed E-state index contributed by atoms with van der Waals surface area (Å²) >= 11 is 0. The molecule has 1 atom stereocenters. The Morgan fingerprint density at radius 1 is 1.20 bits per heavy atom. The highest BCUT2D eigenvalue weighted by molar-refractivity contribution is 5.38. The minimum atomic E-state index is -0.275. The monoisotopic (exact) mass is 275 g/mol. The third-order valence-corrected chi connectivity index (χ3v) is 4.48. The van der Waals surface area contributed by atoms with Gasteiger partial charge in [-0.3, -0.25) is 0 Å². The number of hydrogen-bond acceptors (Lipinski definition) is 3. The van der Waals surface area contributed by atoms with Crippen LogP contribution in [0.5, 0.6) is 5.75 Å². The Bertz CT molecular complexity index is 441. The Balaban J connectivity index is 1.48. The van der Waals surface area contributed by atoms with Gasteiger partial charge in [0.05, 0.1) is 12.7 Å². The number of ether oxygens (including phenoxy) is 1. The largest absolute Gasteiger partial charge is 0.494 e. The number of fused-ring (bicyclic) bond motifs is 1. The predicted octanol–water partition coefficient (Wildman–Crippen LogP) is 2.92. The van der Waals surface area contributed by atoms with Crippen molar-refractivity contribution in [2.45, 2.75) is 44.6 Å². The van der Waals surface area contributed by atoms with E-state index in [9.17, 15) is 5.11 Å². The number of rotatable bonds is 5. The van der Waals surface area contributed by atoms with Gasteiger partial charge in [-0.1, -0.05) is 6.07 Å². The van der Waals surface area contributed by atoms with Gasteiger partial charge in [0.15, 0.2) is 0 Å². The molecule has 0 aromatic heterocycles. The summed E-state index contributed by atoms with van der Waals surface area (Å²) in [6.07, 6.45) is 6.57. The van der Waals surface area contributed by atoms with Gasteiger partial charge in [-0.15, -0.1) is 0 Å². The summed E-state index contributed by atoms with van der Waals surface area (Å²) in [5.74, 6) is 0.958. The first-order chi connectivity index (χ1) is 9.83. The number of nitrogens with zero attached hydrogens (tertiary/aromatic N) is 1. The van der Waals surface area contributed by atoms with Gasteiger partial charge < -0.3 is 14.7 Å². The molecule has 1 saturated heterocycles. The van der Waals surface area contributed by atoms with Crippen LogP contribution in [0.2, 0.25) is 0 Å². The Kier molecular flexibility index (Phi) is 4.58. The van der Waals surface area contributed by atoms with Crippen molar-refractivity contribution < 1.29 is 9.84 Å². The minimum absolute atomic E-state index is 0.275. The molecule has 20 heavy (non-hydrogen) atoms. The second kappa shape index (κ2) is 6.59. The van der Waals surface area contributed by atoms with E-state index in [-0.39, 0.29) is 6.10 Å². The van der Waals surface area contributed by atoms with Crippen LogP contribution in [-0.4, -0.2) is 36.2 Å². The van der Waals surface area contributed by atoms with Crippen molar-refractivity contribution in [1.82, 2.24) is 4.90 Å². The highest BCUT2D eigenvalue weighted by atomic mass is 16.5. The van der Waals surface area contributed by atoms with Crippen LogP contribution < -0.4 is 4.74 Å². The van der Waals surface area contributed by atoms with Crippen molar-refractivity contribution >= 4 is 0 Å². The SMILES string of the molecule is OC1CCCc2cc(OCCCN3CCCC3)ccc21. The van der Waals surface area contributed by atoms with Gasteiger partial charge in [0.2, 0.25) is 0 Å². The average molecular weight is 275 g/mol. The molecule has 1 N–H and O–H groups in total. The summed E-state index contributed by atoms with van der Waals surface area (Å²) in [5, 5.41) is 9.94. The maximum Gasteiger partial charge on any atom is 0.119 e. The molecule has 1 unspecified atom stereocenters. The van der Waals surface area contributed by atoms with Crippen LogP contribution in [0.15, 0.2) is 18.2 Å². The smallest absolute Gasteiger partial charge is 0.119 e. The number of aliphatic hydroxyl groups excluding tert-OH is 1. The van der Waals surface area contributed by atoms with Crippen LogP contribution in [0.25, 0.3) is 0 Å². The molecular weight excluding hydrogens is 250 g/mol. The molecule has 0 spiro atoms. The predicted molar refractivity (Wildman–Crippen MR) is 80.1 cm³/mol. The van der Waals surface area contributed by atoms with E-state index in [1.54, 1.807) is 0 Å². The Morgan fingerprint density at radius 2 is 2.05 bits per heavy atom. The number of benzene rings is 1. The lowest BCUT2D eigenvalue weighted by Crippen LogP contribution is -2.21. The highest BCUT2D eigenvalue weighted by Gasteiger charge is 2.18. The molecule has 1 aromatic carbocycles. The molecule has 1 fully saturated rings. The lowest BCUT2D eigenvalue weighted by atomic mass is 9.89. The molecule has 3 nitrogen and oxygen atoms in total. The summed E-state index contributed by atoms with van der Waals surface area (Å²) in [6.45, 7) is 4.47. The molecule has 110 valence electrons. The van der Waals surface area contributed by atoms with Crippen LogP contribution in [0.1, 0.15) is 49.3 Å². The summed E-state index contributed by atoms with van der Waals surface area (Å²) in [7, 11) is 0. The molecule has 3 rings (SSSR count). The Hall–Kier alpha value is -1.06. The van der Waals surface area contributed by atoms with Crippen LogP contribution in [0.3, 0.4) is 0 Å². The van der Waals surface area contributed by atoms with Crippen LogP contribution in [0.4, 0.5) is 0 Å². The quantitative estimate of drug-likeness (QED) is 0.839.